The van der Waals surface area contributed by atoms with Gasteiger partial charge in [0, 0.05) is 19.6 Å². The van der Waals surface area contributed by atoms with E-state index in [4.69, 9.17) is 0 Å². The summed E-state index contributed by atoms with van der Waals surface area (Å²) in [7, 11) is -3.13. The maximum Gasteiger partial charge on any atom is 0.227 e. The summed E-state index contributed by atoms with van der Waals surface area (Å²) >= 11 is 0. The number of hydrogen-bond donors (Lipinski definition) is 3. The van der Waals surface area contributed by atoms with E-state index in [0.717, 1.165) is 19.2 Å². The van der Waals surface area contributed by atoms with Crippen molar-refractivity contribution in [3.63, 3.8) is 0 Å². The Labute approximate surface area is 103 Å². The molecule has 7 heteroatoms. The maximum absolute atomic E-state index is 11.8. The van der Waals surface area contributed by atoms with Crippen LogP contribution in [-0.4, -0.2) is 46.8 Å². The average Bonchev–Trinajstić information content (AvgIpc) is 2.64. The molecular weight excluding hydrogens is 242 g/mol. The maximum atomic E-state index is 11.8. The third-order valence-electron chi connectivity index (χ3n) is 2.92. The van der Waals surface area contributed by atoms with E-state index in [0.29, 0.717) is 26.1 Å². The van der Waals surface area contributed by atoms with Gasteiger partial charge in [0.05, 0.1) is 11.7 Å². The summed E-state index contributed by atoms with van der Waals surface area (Å²) in [5, 5.41) is 6.00. The smallest absolute Gasteiger partial charge is 0.227 e. The first-order chi connectivity index (χ1) is 7.83. The summed E-state index contributed by atoms with van der Waals surface area (Å²) in [6.45, 7) is 4.38. The highest BCUT2D eigenvalue weighted by Gasteiger charge is 2.35. The summed E-state index contributed by atoms with van der Waals surface area (Å²) in [5.74, 6) is 0.0434. The van der Waals surface area contributed by atoms with Crippen LogP contribution in [0.15, 0.2) is 0 Å². The van der Waals surface area contributed by atoms with Gasteiger partial charge < -0.3 is 10.6 Å². The van der Waals surface area contributed by atoms with Crippen LogP contribution in [0, 0.1) is 5.41 Å². The molecule has 1 saturated heterocycles. The lowest BCUT2D eigenvalue weighted by molar-refractivity contribution is -0.129. The minimum atomic E-state index is -3.13. The Morgan fingerprint density at radius 2 is 2.12 bits per heavy atom. The molecule has 3 N–H and O–H groups in total. The van der Waals surface area contributed by atoms with Crippen LogP contribution in [0.2, 0.25) is 0 Å². The summed E-state index contributed by atoms with van der Waals surface area (Å²) in [6.07, 6.45) is 2.57. The third-order valence-corrected chi connectivity index (χ3v) is 3.65. The van der Waals surface area contributed by atoms with Crippen LogP contribution in [-0.2, 0) is 14.8 Å². The largest absolute Gasteiger partial charge is 0.356 e. The number of nitrogens with one attached hydrogen (secondary N) is 3. The molecule has 17 heavy (non-hydrogen) atoms. The fourth-order valence-electron chi connectivity index (χ4n) is 1.77. The quantitative estimate of drug-likeness (QED) is 0.539. The van der Waals surface area contributed by atoms with E-state index < -0.39 is 10.0 Å². The molecule has 1 atom stereocenters. The molecule has 0 aromatic heterocycles. The number of hydrogen-bond acceptors (Lipinski definition) is 4. The minimum absolute atomic E-state index is 0.0434. The van der Waals surface area contributed by atoms with Crippen molar-refractivity contribution in [3.8, 4) is 0 Å². The molecule has 1 unspecified atom stereocenters. The van der Waals surface area contributed by atoms with Gasteiger partial charge >= 0.3 is 0 Å². The average molecular weight is 263 g/mol. The summed E-state index contributed by atoms with van der Waals surface area (Å²) < 4.78 is 23.9. The second-order valence-corrected chi connectivity index (χ2v) is 6.60. The van der Waals surface area contributed by atoms with Gasteiger partial charge in [-0.3, -0.25) is 4.79 Å². The molecule has 1 amide bonds. The fourth-order valence-corrected chi connectivity index (χ4v) is 2.29. The van der Waals surface area contributed by atoms with Gasteiger partial charge in [-0.2, -0.15) is 0 Å². The van der Waals surface area contributed by atoms with Crippen molar-refractivity contribution in [1.82, 2.24) is 15.4 Å². The number of amides is 1. The minimum Gasteiger partial charge on any atom is -0.356 e. The topological polar surface area (TPSA) is 87.3 Å². The second kappa shape index (κ2) is 5.79. The Hall–Kier alpha value is -0.660. The number of sulfonamides is 1. The van der Waals surface area contributed by atoms with Gasteiger partial charge in [0.25, 0.3) is 0 Å². The van der Waals surface area contributed by atoms with Gasteiger partial charge in [0.2, 0.25) is 15.9 Å². The molecule has 0 bridgehead atoms. The highest BCUT2D eigenvalue weighted by Crippen LogP contribution is 2.24. The van der Waals surface area contributed by atoms with Crippen molar-refractivity contribution in [2.45, 2.75) is 19.8 Å². The zero-order chi connectivity index (χ0) is 12.9. The zero-order valence-corrected chi connectivity index (χ0v) is 11.2. The van der Waals surface area contributed by atoms with Crippen molar-refractivity contribution in [1.29, 1.82) is 0 Å². The van der Waals surface area contributed by atoms with Crippen molar-refractivity contribution >= 4 is 15.9 Å². The Bertz CT molecular complexity index is 361. The van der Waals surface area contributed by atoms with Crippen LogP contribution in [0.5, 0.6) is 0 Å². The lowest BCUT2D eigenvalue weighted by Crippen LogP contribution is -2.41. The first kappa shape index (κ1) is 14.4. The first-order valence-electron chi connectivity index (χ1n) is 5.77. The molecule has 0 aromatic rings. The predicted molar refractivity (Wildman–Crippen MR) is 66.1 cm³/mol. The first-order valence-corrected chi connectivity index (χ1v) is 7.66. The Morgan fingerprint density at radius 3 is 2.65 bits per heavy atom. The molecule has 0 spiro atoms. The summed E-state index contributed by atoms with van der Waals surface area (Å²) in [4.78, 5) is 11.8. The Balaban J connectivity index is 2.16. The van der Waals surface area contributed by atoms with Crippen LogP contribution in [0.25, 0.3) is 0 Å². The molecule has 0 aliphatic carbocycles. The number of rotatable bonds is 6. The van der Waals surface area contributed by atoms with Crippen LogP contribution in [0.1, 0.15) is 19.8 Å². The van der Waals surface area contributed by atoms with Gasteiger partial charge in [-0.15, -0.1) is 0 Å². The molecule has 1 aliphatic rings. The van der Waals surface area contributed by atoms with E-state index >= 15 is 0 Å². The lowest BCUT2D eigenvalue weighted by atomic mass is 9.89. The van der Waals surface area contributed by atoms with Crippen LogP contribution >= 0.6 is 0 Å². The predicted octanol–water partition coefficient (Wildman–Crippen LogP) is -0.958. The molecular formula is C10H21N3O3S. The van der Waals surface area contributed by atoms with E-state index in [-0.39, 0.29) is 11.3 Å². The lowest BCUT2D eigenvalue weighted by Gasteiger charge is -2.21. The van der Waals surface area contributed by atoms with Crippen molar-refractivity contribution < 1.29 is 13.2 Å². The zero-order valence-electron chi connectivity index (χ0n) is 10.4. The summed E-state index contributed by atoms with van der Waals surface area (Å²) in [5.41, 5.74) is -0.315. The van der Waals surface area contributed by atoms with Crippen molar-refractivity contribution in [2.24, 2.45) is 5.41 Å². The Morgan fingerprint density at radius 1 is 1.41 bits per heavy atom. The molecule has 6 nitrogen and oxygen atoms in total. The van der Waals surface area contributed by atoms with Gasteiger partial charge in [-0.25, -0.2) is 13.1 Å². The van der Waals surface area contributed by atoms with E-state index in [2.05, 4.69) is 15.4 Å². The van der Waals surface area contributed by atoms with Crippen molar-refractivity contribution in [2.75, 3.05) is 32.4 Å². The highest BCUT2D eigenvalue weighted by molar-refractivity contribution is 7.88. The molecule has 0 saturated carbocycles. The van der Waals surface area contributed by atoms with E-state index in [1.54, 1.807) is 0 Å². The van der Waals surface area contributed by atoms with E-state index in [1.165, 1.54) is 0 Å². The van der Waals surface area contributed by atoms with Gasteiger partial charge in [0.15, 0.2) is 0 Å². The van der Waals surface area contributed by atoms with Crippen LogP contribution < -0.4 is 15.4 Å². The molecule has 0 aromatic carbocycles. The molecule has 1 rings (SSSR count). The van der Waals surface area contributed by atoms with Crippen LogP contribution in [0.3, 0.4) is 0 Å². The van der Waals surface area contributed by atoms with E-state index in [9.17, 15) is 13.2 Å². The van der Waals surface area contributed by atoms with Gasteiger partial charge in [-0.1, -0.05) is 0 Å². The normalized spacial score (nSPS) is 24.8. The van der Waals surface area contributed by atoms with Gasteiger partial charge in [0.1, 0.15) is 0 Å². The molecule has 0 radical (unpaired) electrons. The third kappa shape index (κ3) is 5.01. The highest BCUT2D eigenvalue weighted by atomic mass is 32.2. The van der Waals surface area contributed by atoms with Gasteiger partial charge in [-0.05, 0) is 26.3 Å². The molecule has 1 aliphatic heterocycles. The summed E-state index contributed by atoms with van der Waals surface area (Å²) in [6, 6.07) is 0. The molecule has 1 fully saturated rings. The molecule has 100 valence electrons. The van der Waals surface area contributed by atoms with E-state index in [1.807, 2.05) is 6.92 Å². The fraction of sp³-hybridized carbons (Fsp3) is 0.900. The Kier molecular flexibility index (Phi) is 4.91. The second-order valence-electron chi connectivity index (χ2n) is 4.76. The van der Waals surface area contributed by atoms with Crippen molar-refractivity contribution in [3.05, 3.63) is 0 Å². The SMILES string of the molecule is CC1(C(=O)NCCCNS(C)(=O)=O)CCNC1. The monoisotopic (exact) mass is 263 g/mol. The molecule has 1 heterocycles. The standard InChI is InChI=1S/C10H21N3O3S/c1-10(4-7-11-8-10)9(14)12-5-3-6-13-17(2,15)16/h11,13H,3-8H2,1-2H3,(H,12,14). The number of carbonyl (C=O) groups excluding carboxylic acids is 1. The van der Waals surface area contributed by atoms with Crippen LogP contribution in [0.4, 0.5) is 0 Å². The number of carbonyl (C=O) groups is 1.